The molecule has 0 radical (unpaired) electrons. The molecule has 0 saturated carbocycles. The van der Waals surface area contributed by atoms with Crippen LogP contribution in [0.5, 0.6) is 5.75 Å². The summed E-state index contributed by atoms with van der Waals surface area (Å²) >= 11 is 0. The fourth-order valence-corrected chi connectivity index (χ4v) is 1.61. The van der Waals surface area contributed by atoms with Gasteiger partial charge in [-0.1, -0.05) is 0 Å². The van der Waals surface area contributed by atoms with Gasteiger partial charge in [0.05, 0.1) is 12.8 Å². The van der Waals surface area contributed by atoms with Crippen LogP contribution in [-0.4, -0.2) is 38.7 Å². The van der Waals surface area contributed by atoms with E-state index in [0.717, 1.165) is 24.4 Å². The number of benzene rings is 1. The summed E-state index contributed by atoms with van der Waals surface area (Å²) in [6.07, 6.45) is 1.10. The molecule has 17 heavy (non-hydrogen) atoms. The lowest BCUT2D eigenvalue weighted by atomic mass is 10.2. The van der Waals surface area contributed by atoms with Gasteiger partial charge in [0, 0.05) is 17.8 Å². The van der Waals surface area contributed by atoms with E-state index in [-0.39, 0.29) is 0 Å². The molecule has 4 heteroatoms. The Hall–Kier alpha value is -1.42. The van der Waals surface area contributed by atoms with Crippen molar-refractivity contribution in [1.29, 1.82) is 0 Å². The molecule has 0 bridgehead atoms. The Morgan fingerprint density at radius 1 is 1.41 bits per heavy atom. The van der Waals surface area contributed by atoms with Gasteiger partial charge in [0.1, 0.15) is 5.75 Å². The Balaban J connectivity index is 2.56. The number of nitrogens with two attached hydrogens (primary N) is 1. The SMILES string of the molecule is COc1cc(NC(C)CCN(C)C)ccc1N. The molecule has 4 nitrogen and oxygen atoms in total. The van der Waals surface area contributed by atoms with E-state index in [1.165, 1.54) is 0 Å². The van der Waals surface area contributed by atoms with E-state index in [2.05, 4.69) is 31.2 Å². The molecule has 1 aromatic carbocycles. The summed E-state index contributed by atoms with van der Waals surface area (Å²) in [5, 5.41) is 3.44. The molecule has 1 unspecified atom stereocenters. The quantitative estimate of drug-likeness (QED) is 0.743. The Morgan fingerprint density at radius 2 is 2.12 bits per heavy atom. The highest BCUT2D eigenvalue weighted by atomic mass is 16.5. The summed E-state index contributed by atoms with van der Waals surface area (Å²) in [5.41, 5.74) is 7.48. The number of nitrogen functional groups attached to an aromatic ring is 1. The smallest absolute Gasteiger partial charge is 0.143 e. The molecule has 0 spiro atoms. The standard InChI is InChI=1S/C13H23N3O/c1-10(7-8-16(2)3)15-11-5-6-12(14)13(9-11)17-4/h5-6,9-10,15H,7-8,14H2,1-4H3. The fourth-order valence-electron chi connectivity index (χ4n) is 1.61. The first kappa shape index (κ1) is 13.6. The lowest BCUT2D eigenvalue weighted by molar-refractivity contribution is 0.390. The number of nitrogens with zero attached hydrogens (tertiary/aromatic N) is 1. The third kappa shape index (κ3) is 4.53. The number of hydrogen-bond donors (Lipinski definition) is 2. The van der Waals surface area contributed by atoms with E-state index in [9.17, 15) is 0 Å². The minimum absolute atomic E-state index is 0.422. The third-order valence-corrected chi connectivity index (χ3v) is 2.66. The van der Waals surface area contributed by atoms with Crippen LogP contribution >= 0.6 is 0 Å². The van der Waals surface area contributed by atoms with Crippen molar-refractivity contribution in [3.63, 3.8) is 0 Å². The van der Waals surface area contributed by atoms with Crippen LogP contribution in [0.2, 0.25) is 0 Å². The largest absolute Gasteiger partial charge is 0.495 e. The molecule has 0 aromatic heterocycles. The predicted octanol–water partition coefficient (Wildman–Crippen LogP) is 2.03. The molecule has 0 fully saturated rings. The lowest BCUT2D eigenvalue weighted by Gasteiger charge is -2.18. The zero-order valence-electron chi connectivity index (χ0n) is 11.2. The van der Waals surface area contributed by atoms with Crippen LogP contribution in [0.1, 0.15) is 13.3 Å². The summed E-state index contributed by atoms with van der Waals surface area (Å²) in [6, 6.07) is 6.19. The maximum Gasteiger partial charge on any atom is 0.143 e. The average Bonchev–Trinajstić information content (AvgIpc) is 2.29. The second-order valence-corrected chi connectivity index (χ2v) is 4.59. The molecule has 1 aromatic rings. The van der Waals surface area contributed by atoms with Gasteiger partial charge >= 0.3 is 0 Å². The van der Waals surface area contributed by atoms with Gasteiger partial charge in [-0.05, 0) is 46.1 Å². The van der Waals surface area contributed by atoms with Crippen LogP contribution in [0.3, 0.4) is 0 Å². The van der Waals surface area contributed by atoms with E-state index in [0.29, 0.717) is 11.7 Å². The minimum Gasteiger partial charge on any atom is -0.495 e. The minimum atomic E-state index is 0.422. The molecule has 1 atom stereocenters. The lowest BCUT2D eigenvalue weighted by Crippen LogP contribution is -2.22. The maximum absolute atomic E-state index is 5.77. The number of methoxy groups -OCH3 is 1. The van der Waals surface area contributed by atoms with Crippen molar-refractivity contribution in [1.82, 2.24) is 4.90 Å². The maximum atomic E-state index is 5.77. The first-order chi connectivity index (χ1) is 8.02. The molecule has 0 amide bonds. The van der Waals surface area contributed by atoms with E-state index >= 15 is 0 Å². The number of anilines is 2. The molecule has 3 N–H and O–H groups in total. The number of rotatable bonds is 6. The second-order valence-electron chi connectivity index (χ2n) is 4.59. The average molecular weight is 237 g/mol. The fraction of sp³-hybridized carbons (Fsp3) is 0.538. The Kier molecular flexibility index (Phi) is 5.10. The highest BCUT2D eigenvalue weighted by Crippen LogP contribution is 2.25. The molecule has 0 saturated heterocycles. The Morgan fingerprint density at radius 3 is 2.71 bits per heavy atom. The van der Waals surface area contributed by atoms with Crippen LogP contribution < -0.4 is 15.8 Å². The normalized spacial score (nSPS) is 12.5. The third-order valence-electron chi connectivity index (χ3n) is 2.66. The highest BCUT2D eigenvalue weighted by Gasteiger charge is 2.05. The summed E-state index contributed by atoms with van der Waals surface area (Å²) in [5.74, 6) is 0.717. The van der Waals surface area contributed by atoms with Gasteiger partial charge < -0.3 is 20.7 Å². The molecule has 0 heterocycles. The van der Waals surface area contributed by atoms with Gasteiger partial charge in [-0.3, -0.25) is 0 Å². The topological polar surface area (TPSA) is 50.5 Å². The Bertz CT molecular complexity index is 353. The van der Waals surface area contributed by atoms with Gasteiger partial charge in [-0.25, -0.2) is 0 Å². The van der Waals surface area contributed by atoms with Crippen molar-refractivity contribution in [2.24, 2.45) is 0 Å². The van der Waals surface area contributed by atoms with E-state index in [4.69, 9.17) is 10.5 Å². The monoisotopic (exact) mass is 237 g/mol. The van der Waals surface area contributed by atoms with Gasteiger partial charge in [0.25, 0.3) is 0 Å². The summed E-state index contributed by atoms with van der Waals surface area (Å²) in [6.45, 7) is 3.24. The molecule has 0 aliphatic rings. The zero-order chi connectivity index (χ0) is 12.8. The van der Waals surface area contributed by atoms with Crippen molar-refractivity contribution in [3.05, 3.63) is 18.2 Å². The van der Waals surface area contributed by atoms with Crippen molar-refractivity contribution < 1.29 is 4.74 Å². The molecular formula is C13H23N3O. The first-order valence-electron chi connectivity index (χ1n) is 5.87. The number of ether oxygens (including phenoxy) is 1. The van der Waals surface area contributed by atoms with Gasteiger partial charge in [0.15, 0.2) is 0 Å². The summed E-state index contributed by atoms with van der Waals surface area (Å²) in [4.78, 5) is 2.18. The van der Waals surface area contributed by atoms with Gasteiger partial charge in [-0.2, -0.15) is 0 Å². The first-order valence-corrected chi connectivity index (χ1v) is 5.87. The molecule has 0 aliphatic heterocycles. The van der Waals surface area contributed by atoms with Crippen LogP contribution in [0, 0.1) is 0 Å². The van der Waals surface area contributed by atoms with E-state index < -0.39 is 0 Å². The van der Waals surface area contributed by atoms with Crippen molar-refractivity contribution in [3.8, 4) is 5.75 Å². The van der Waals surface area contributed by atoms with Crippen molar-refractivity contribution >= 4 is 11.4 Å². The van der Waals surface area contributed by atoms with Crippen LogP contribution in [-0.2, 0) is 0 Å². The summed E-state index contributed by atoms with van der Waals surface area (Å²) < 4.78 is 5.19. The van der Waals surface area contributed by atoms with Crippen LogP contribution in [0.15, 0.2) is 18.2 Å². The van der Waals surface area contributed by atoms with E-state index in [1.54, 1.807) is 7.11 Å². The van der Waals surface area contributed by atoms with E-state index in [1.807, 2.05) is 18.2 Å². The van der Waals surface area contributed by atoms with Crippen molar-refractivity contribution in [2.45, 2.75) is 19.4 Å². The number of hydrogen-bond acceptors (Lipinski definition) is 4. The summed E-state index contributed by atoms with van der Waals surface area (Å²) in [7, 11) is 5.79. The second kappa shape index (κ2) is 6.35. The van der Waals surface area contributed by atoms with Gasteiger partial charge in [-0.15, -0.1) is 0 Å². The van der Waals surface area contributed by atoms with Crippen LogP contribution in [0.4, 0.5) is 11.4 Å². The molecule has 96 valence electrons. The number of nitrogens with one attached hydrogen (secondary N) is 1. The highest BCUT2D eigenvalue weighted by molar-refractivity contribution is 5.61. The molecular weight excluding hydrogens is 214 g/mol. The van der Waals surface area contributed by atoms with Crippen molar-refractivity contribution in [2.75, 3.05) is 38.8 Å². The van der Waals surface area contributed by atoms with Crippen LogP contribution in [0.25, 0.3) is 0 Å². The zero-order valence-corrected chi connectivity index (χ0v) is 11.2. The molecule has 0 aliphatic carbocycles. The Labute approximate surface area is 104 Å². The predicted molar refractivity (Wildman–Crippen MR) is 73.7 cm³/mol. The molecule has 1 rings (SSSR count). The van der Waals surface area contributed by atoms with Gasteiger partial charge in [0.2, 0.25) is 0 Å².